The SMILES string of the molecule is CC(NC(=O)CC1COCCN1)C1CCOC1. The second-order valence-electron chi connectivity index (χ2n) is 4.91. The molecule has 5 heteroatoms. The molecule has 0 bridgehead atoms. The van der Waals surface area contributed by atoms with E-state index in [9.17, 15) is 4.79 Å². The fraction of sp³-hybridized carbons (Fsp3) is 0.917. The molecule has 2 N–H and O–H groups in total. The van der Waals surface area contributed by atoms with Gasteiger partial charge >= 0.3 is 0 Å². The summed E-state index contributed by atoms with van der Waals surface area (Å²) < 4.78 is 10.7. The molecule has 0 radical (unpaired) electrons. The van der Waals surface area contributed by atoms with E-state index in [1.807, 2.05) is 0 Å². The lowest BCUT2D eigenvalue weighted by molar-refractivity contribution is -0.123. The van der Waals surface area contributed by atoms with Gasteiger partial charge in [0.15, 0.2) is 0 Å². The molecular formula is C12H22N2O3. The maximum absolute atomic E-state index is 11.8. The highest BCUT2D eigenvalue weighted by molar-refractivity contribution is 5.76. The van der Waals surface area contributed by atoms with Gasteiger partial charge in [0.2, 0.25) is 5.91 Å². The van der Waals surface area contributed by atoms with Gasteiger partial charge in [-0.15, -0.1) is 0 Å². The fourth-order valence-electron chi connectivity index (χ4n) is 2.35. The molecule has 0 aromatic heterocycles. The van der Waals surface area contributed by atoms with E-state index in [0.717, 1.165) is 32.8 Å². The molecular weight excluding hydrogens is 220 g/mol. The average Bonchev–Trinajstić information content (AvgIpc) is 2.83. The lowest BCUT2D eigenvalue weighted by Gasteiger charge is -2.25. The van der Waals surface area contributed by atoms with Crippen LogP contribution < -0.4 is 10.6 Å². The van der Waals surface area contributed by atoms with Crippen LogP contribution in [0, 0.1) is 5.92 Å². The monoisotopic (exact) mass is 242 g/mol. The molecule has 0 aromatic carbocycles. The molecule has 0 aliphatic carbocycles. The topological polar surface area (TPSA) is 59.6 Å². The molecule has 2 aliphatic heterocycles. The summed E-state index contributed by atoms with van der Waals surface area (Å²) >= 11 is 0. The van der Waals surface area contributed by atoms with E-state index in [2.05, 4.69) is 17.6 Å². The molecule has 0 spiro atoms. The number of ether oxygens (including phenoxy) is 2. The Kier molecular flexibility index (Phi) is 4.76. The summed E-state index contributed by atoms with van der Waals surface area (Å²) in [5.74, 6) is 0.571. The second kappa shape index (κ2) is 6.33. The first-order valence-corrected chi connectivity index (χ1v) is 6.44. The predicted molar refractivity (Wildman–Crippen MR) is 63.8 cm³/mol. The lowest BCUT2D eigenvalue weighted by Crippen LogP contribution is -2.46. The zero-order chi connectivity index (χ0) is 12.1. The number of nitrogens with one attached hydrogen (secondary N) is 2. The molecule has 98 valence electrons. The highest BCUT2D eigenvalue weighted by Gasteiger charge is 2.24. The number of hydrogen-bond acceptors (Lipinski definition) is 4. The van der Waals surface area contributed by atoms with Gasteiger partial charge in [0.25, 0.3) is 0 Å². The van der Waals surface area contributed by atoms with E-state index in [4.69, 9.17) is 9.47 Å². The largest absolute Gasteiger partial charge is 0.381 e. The predicted octanol–water partition coefficient (Wildman–Crippen LogP) is -0.0939. The van der Waals surface area contributed by atoms with Gasteiger partial charge in [-0.2, -0.15) is 0 Å². The summed E-state index contributed by atoms with van der Waals surface area (Å²) in [4.78, 5) is 11.8. The van der Waals surface area contributed by atoms with Gasteiger partial charge < -0.3 is 20.1 Å². The standard InChI is InChI=1S/C12H22N2O3/c1-9(10-2-4-16-7-10)14-12(15)6-11-8-17-5-3-13-11/h9-11,13H,2-8H2,1H3,(H,14,15). The van der Waals surface area contributed by atoms with Crippen LogP contribution in [0.4, 0.5) is 0 Å². The van der Waals surface area contributed by atoms with Crippen molar-refractivity contribution in [3.05, 3.63) is 0 Å². The Labute approximate surface area is 102 Å². The number of rotatable bonds is 4. The Morgan fingerprint density at radius 2 is 2.24 bits per heavy atom. The minimum absolute atomic E-state index is 0.104. The van der Waals surface area contributed by atoms with Gasteiger partial charge in [-0.25, -0.2) is 0 Å². The minimum Gasteiger partial charge on any atom is -0.381 e. The van der Waals surface area contributed by atoms with E-state index in [1.165, 1.54) is 0 Å². The number of hydrogen-bond donors (Lipinski definition) is 2. The summed E-state index contributed by atoms with van der Waals surface area (Å²) in [6, 6.07) is 0.366. The van der Waals surface area contributed by atoms with Gasteiger partial charge in [-0.1, -0.05) is 0 Å². The molecule has 2 rings (SSSR count). The molecule has 0 aromatic rings. The van der Waals surface area contributed by atoms with Gasteiger partial charge in [0.05, 0.1) is 19.8 Å². The van der Waals surface area contributed by atoms with Crippen molar-refractivity contribution in [2.24, 2.45) is 5.92 Å². The molecule has 3 atom stereocenters. The smallest absolute Gasteiger partial charge is 0.221 e. The van der Waals surface area contributed by atoms with Crippen molar-refractivity contribution in [1.29, 1.82) is 0 Å². The molecule has 2 heterocycles. The molecule has 2 fully saturated rings. The summed E-state index contributed by atoms with van der Waals surface area (Å²) in [7, 11) is 0. The van der Waals surface area contributed by atoms with Gasteiger partial charge in [0.1, 0.15) is 0 Å². The van der Waals surface area contributed by atoms with Crippen molar-refractivity contribution in [3.8, 4) is 0 Å². The van der Waals surface area contributed by atoms with Crippen molar-refractivity contribution in [2.75, 3.05) is 33.0 Å². The molecule has 2 saturated heterocycles. The Bertz CT molecular complexity index is 248. The van der Waals surface area contributed by atoms with E-state index in [-0.39, 0.29) is 18.0 Å². The van der Waals surface area contributed by atoms with Crippen molar-refractivity contribution < 1.29 is 14.3 Å². The lowest BCUT2D eigenvalue weighted by atomic mass is 10.0. The maximum Gasteiger partial charge on any atom is 0.221 e. The van der Waals surface area contributed by atoms with Crippen LogP contribution in [0.2, 0.25) is 0 Å². The van der Waals surface area contributed by atoms with Crippen LogP contribution in [0.1, 0.15) is 19.8 Å². The Morgan fingerprint density at radius 3 is 2.88 bits per heavy atom. The first-order valence-electron chi connectivity index (χ1n) is 6.44. The molecule has 0 saturated carbocycles. The van der Waals surface area contributed by atoms with Gasteiger partial charge in [-0.05, 0) is 13.3 Å². The van der Waals surface area contributed by atoms with Crippen LogP contribution in [0.3, 0.4) is 0 Å². The van der Waals surface area contributed by atoms with Crippen molar-refractivity contribution in [2.45, 2.75) is 31.8 Å². The zero-order valence-corrected chi connectivity index (χ0v) is 10.4. The number of carbonyl (C=O) groups is 1. The van der Waals surface area contributed by atoms with Crippen LogP contribution in [0.25, 0.3) is 0 Å². The molecule has 1 amide bonds. The summed E-state index contributed by atoms with van der Waals surface area (Å²) in [6.45, 7) is 5.86. The van der Waals surface area contributed by atoms with Gasteiger partial charge in [-0.3, -0.25) is 4.79 Å². The van der Waals surface area contributed by atoms with Crippen LogP contribution in [-0.4, -0.2) is 51.0 Å². The normalized spacial score (nSPS) is 31.1. The third-order valence-electron chi connectivity index (χ3n) is 3.49. The van der Waals surface area contributed by atoms with Crippen LogP contribution in [-0.2, 0) is 14.3 Å². The fourth-order valence-corrected chi connectivity index (χ4v) is 2.35. The summed E-state index contributed by atoms with van der Waals surface area (Å²) in [5, 5.41) is 6.34. The van der Waals surface area contributed by atoms with Crippen molar-refractivity contribution in [1.82, 2.24) is 10.6 Å². The van der Waals surface area contributed by atoms with Crippen LogP contribution in [0.5, 0.6) is 0 Å². The van der Waals surface area contributed by atoms with E-state index in [1.54, 1.807) is 0 Å². The number of carbonyl (C=O) groups excluding carboxylic acids is 1. The molecule has 3 unspecified atom stereocenters. The highest BCUT2D eigenvalue weighted by Crippen LogP contribution is 2.16. The molecule has 5 nitrogen and oxygen atoms in total. The first kappa shape index (κ1) is 12.8. The Balaban J connectivity index is 1.68. The number of morpholine rings is 1. The first-order chi connectivity index (χ1) is 8.25. The highest BCUT2D eigenvalue weighted by atomic mass is 16.5. The second-order valence-corrected chi connectivity index (χ2v) is 4.91. The van der Waals surface area contributed by atoms with Crippen LogP contribution in [0.15, 0.2) is 0 Å². The van der Waals surface area contributed by atoms with E-state index >= 15 is 0 Å². The van der Waals surface area contributed by atoms with E-state index in [0.29, 0.717) is 18.9 Å². The quantitative estimate of drug-likeness (QED) is 0.723. The maximum atomic E-state index is 11.8. The summed E-state index contributed by atoms with van der Waals surface area (Å²) in [6.07, 6.45) is 1.55. The molecule has 17 heavy (non-hydrogen) atoms. The Hall–Kier alpha value is -0.650. The zero-order valence-electron chi connectivity index (χ0n) is 10.4. The van der Waals surface area contributed by atoms with Crippen molar-refractivity contribution in [3.63, 3.8) is 0 Å². The third kappa shape index (κ3) is 3.94. The minimum atomic E-state index is 0.104. The summed E-state index contributed by atoms with van der Waals surface area (Å²) in [5.41, 5.74) is 0. The third-order valence-corrected chi connectivity index (χ3v) is 3.49. The number of amides is 1. The van der Waals surface area contributed by atoms with Crippen LogP contribution >= 0.6 is 0 Å². The van der Waals surface area contributed by atoms with E-state index < -0.39 is 0 Å². The van der Waals surface area contributed by atoms with Gasteiger partial charge in [0, 0.05) is 37.6 Å². The average molecular weight is 242 g/mol. The Morgan fingerprint density at radius 1 is 1.41 bits per heavy atom. The molecule has 2 aliphatic rings. The van der Waals surface area contributed by atoms with Crippen molar-refractivity contribution >= 4 is 5.91 Å².